The molecule has 0 amide bonds. The van der Waals surface area contributed by atoms with Crippen LogP contribution in [0.15, 0.2) is 47.3 Å². The molecule has 8 heteroatoms. The van der Waals surface area contributed by atoms with Crippen molar-refractivity contribution in [2.45, 2.75) is 0 Å². The van der Waals surface area contributed by atoms with Crippen LogP contribution in [0.2, 0.25) is 0 Å². The van der Waals surface area contributed by atoms with E-state index < -0.39 is 17.2 Å². The van der Waals surface area contributed by atoms with Crippen LogP contribution in [0.25, 0.3) is 17.3 Å². The quantitative estimate of drug-likeness (QED) is 0.670. The minimum atomic E-state index is -0.999. The van der Waals surface area contributed by atoms with E-state index in [0.717, 1.165) is 28.0 Å². The molecule has 5 nitrogen and oxygen atoms in total. The fourth-order valence-electron chi connectivity index (χ4n) is 2.46. The Morgan fingerprint density at radius 2 is 1.71 bits per heavy atom. The maximum absolute atomic E-state index is 14.3. The zero-order chi connectivity index (χ0) is 20.3. The van der Waals surface area contributed by atoms with Gasteiger partial charge in [0.25, 0.3) is 5.56 Å². The van der Waals surface area contributed by atoms with Crippen LogP contribution in [0.1, 0.15) is 11.1 Å². The Labute approximate surface area is 161 Å². The molecule has 0 aliphatic heterocycles. The maximum Gasteiger partial charge on any atom is 0.273 e. The summed E-state index contributed by atoms with van der Waals surface area (Å²) in [5, 5.41) is 27.2. The summed E-state index contributed by atoms with van der Waals surface area (Å²) in [6, 6.07) is 14.4. The summed E-state index contributed by atoms with van der Waals surface area (Å²) in [6.45, 7) is 0. The van der Waals surface area contributed by atoms with Gasteiger partial charge in [0.2, 0.25) is 0 Å². The molecule has 0 fully saturated rings. The van der Waals surface area contributed by atoms with Gasteiger partial charge in [0.05, 0.1) is 21.9 Å². The van der Waals surface area contributed by atoms with Crippen LogP contribution in [0.4, 0.5) is 8.78 Å². The van der Waals surface area contributed by atoms with Crippen molar-refractivity contribution in [2.24, 2.45) is 0 Å². The minimum Gasteiger partial charge on any atom is -0.267 e. The number of rotatable bonds is 2. The van der Waals surface area contributed by atoms with Crippen molar-refractivity contribution in [3.63, 3.8) is 0 Å². The summed E-state index contributed by atoms with van der Waals surface area (Å²) in [7, 11) is 0. The molecule has 0 saturated heterocycles. The van der Waals surface area contributed by atoms with Gasteiger partial charge in [-0.05, 0) is 35.9 Å². The van der Waals surface area contributed by atoms with Gasteiger partial charge in [0.1, 0.15) is 28.4 Å². The molecule has 134 valence electrons. The summed E-state index contributed by atoms with van der Waals surface area (Å²) in [4.78, 5) is 12.9. The molecule has 0 unspecified atom stereocenters. The first kappa shape index (κ1) is 18.7. The van der Waals surface area contributed by atoms with Crippen LogP contribution in [0.5, 0.6) is 0 Å². The summed E-state index contributed by atoms with van der Waals surface area (Å²) < 4.78 is 28.5. The fraction of sp³-hybridized carbons (Fsp3) is 0. The van der Waals surface area contributed by atoms with Crippen LogP contribution in [-0.4, -0.2) is 4.57 Å². The second kappa shape index (κ2) is 7.67. The third kappa shape index (κ3) is 3.43. The lowest BCUT2D eigenvalue weighted by Gasteiger charge is -2.03. The highest BCUT2D eigenvalue weighted by Gasteiger charge is 2.15. The highest BCUT2D eigenvalue weighted by molar-refractivity contribution is 7.07. The molecule has 0 bridgehead atoms. The average Bonchev–Trinajstić information content (AvgIpc) is 3.00. The number of nitrogens with zero attached hydrogens (tertiary/aromatic N) is 4. The van der Waals surface area contributed by atoms with E-state index in [1.54, 1.807) is 36.4 Å². The lowest BCUT2D eigenvalue weighted by molar-refractivity contribution is 0.576. The first-order valence-electron chi connectivity index (χ1n) is 7.72. The van der Waals surface area contributed by atoms with Crippen LogP contribution in [0.3, 0.4) is 0 Å². The van der Waals surface area contributed by atoms with Gasteiger partial charge in [-0.25, -0.2) is 8.78 Å². The number of benzene rings is 2. The molecule has 0 saturated carbocycles. The molecule has 0 atom stereocenters. The van der Waals surface area contributed by atoms with Gasteiger partial charge < -0.3 is 0 Å². The molecule has 3 rings (SSSR count). The van der Waals surface area contributed by atoms with E-state index in [4.69, 9.17) is 5.26 Å². The predicted octanol–water partition coefficient (Wildman–Crippen LogP) is 2.08. The number of aromatic nitrogens is 1. The van der Waals surface area contributed by atoms with E-state index in [0.29, 0.717) is 17.2 Å². The molecule has 0 aliphatic rings. The molecule has 0 aliphatic carbocycles. The van der Waals surface area contributed by atoms with Crippen molar-refractivity contribution in [1.82, 2.24) is 4.57 Å². The third-order valence-electron chi connectivity index (χ3n) is 3.75. The van der Waals surface area contributed by atoms with Gasteiger partial charge >= 0.3 is 0 Å². The van der Waals surface area contributed by atoms with Crippen LogP contribution < -0.4 is 14.8 Å². The Bertz CT molecular complexity index is 1360. The van der Waals surface area contributed by atoms with Gasteiger partial charge in [-0.15, -0.1) is 11.3 Å². The van der Waals surface area contributed by atoms with Crippen LogP contribution in [0, 0.1) is 45.6 Å². The third-order valence-corrected chi connectivity index (χ3v) is 4.84. The standard InChI is InChI=1S/C20H8F2N4OS/c21-15-5-6-17(16(22)8-15)26-19(27)18(28-20(26)14(10-24)11-25)7-12-1-3-13(9-23)4-2-12/h1-8H/b18-7+. The molecular formula is C20H8F2N4OS. The smallest absolute Gasteiger partial charge is 0.267 e. The first-order valence-corrected chi connectivity index (χ1v) is 8.54. The van der Waals surface area contributed by atoms with E-state index in [-0.39, 0.29) is 20.5 Å². The topological polar surface area (TPSA) is 93.4 Å². The summed E-state index contributed by atoms with van der Waals surface area (Å²) in [6.07, 6.45) is 1.50. The summed E-state index contributed by atoms with van der Waals surface area (Å²) in [5.41, 5.74) is -0.242. The fourth-order valence-corrected chi connectivity index (χ4v) is 3.51. The lowest BCUT2D eigenvalue weighted by atomic mass is 10.1. The predicted molar refractivity (Wildman–Crippen MR) is 98.4 cm³/mol. The highest BCUT2D eigenvalue weighted by Crippen LogP contribution is 2.12. The van der Waals surface area contributed by atoms with Crippen molar-refractivity contribution < 1.29 is 8.78 Å². The molecular weight excluding hydrogens is 382 g/mol. The molecule has 0 radical (unpaired) electrons. The number of halogens is 2. The molecule has 3 aromatic rings. The van der Waals surface area contributed by atoms with E-state index in [2.05, 4.69) is 0 Å². The van der Waals surface area contributed by atoms with E-state index in [1.165, 1.54) is 6.08 Å². The lowest BCUT2D eigenvalue weighted by Crippen LogP contribution is -2.31. The van der Waals surface area contributed by atoms with Crippen molar-refractivity contribution in [3.05, 3.63) is 84.8 Å². The van der Waals surface area contributed by atoms with E-state index >= 15 is 0 Å². The zero-order valence-corrected chi connectivity index (χ0v) is 14.8. The van der Waals surface area contributed by atoms with Gasteiger partial charge in [-0.1, -0.05) is 12.1 Å². The number of thiazole rings is 1. The van der Waals surface area contributed by atoms with Crippen molar-refractivity contribution in [1.29, 1.82) is 15.8 Å². The SMILES string of the molecule is N#CC(C#N)=c1s/c(=C/c2ccc(C#N)cc2)c(=O)n1-c1ccc(F)cc1F. The normalized spacial score (nSPS) is 10.8. The molecule has 1 heterocycles. The van der Waals surface area contributed by atoms with E-state index in [9.17, 15) is 24.1 Å². The van der Waals surface area contributed by atoms with Gasteiger partial charge in [-0.3, -0.25) is 9.36 Å². The Kier molecular flexibility index (Phi) is 5.13. The van der Waals surface area contributed by atoms with Crippen molar-refractivity contribution >= 4 is 23.0 Å². The highest BCUT2D eigenvalue weighted by atomic mass is 32.1. The Hall–Kier alpha value is -4.06. The van der Waals surface area contributed by atoms with E-state index in [1.807, 2.05) is 6.07 Å². The molecule has 1 aromatic heterocycles. The van der Waals surface area contributed by atoms with Gasteiger partial charge in [0, 0.05) is 6.07 Å². The monoisotopic (exact) mass is 390 g/mol. The number of hydrogen-bond acceptors (Lipinski definition) is 5. The Morgan fingerprint density at radius 1 is 1.04 bits per heavy atom. The van der Waals surface area contributed by atoms with Crippen molar-refractivity contribution in [3.8, 4) is 23.9 Å². The molecule has 0 spiro atoms. The second-order valence-electron chi connectivity index (χ2n) is 5.48. The molecule has 28 heavy (non-hydrogen) atoms. The molecule has 0 N–H and O–H groups in total. The Morgan fingerprint density at radius 3 is 2.29 bits per heavy atom. The molecule has 2 aromatic carbocycles. The first-order chi connectivity index (χ1) is 13.5. The van der Waals surface area contributed by atoms with Crippen LogP contribution in [-0.2, 0) is 0 Å². The maximum atomic E-state index is 14.3. The van der Waals surface area contributed by atoms with Crippen molar-refractivity contribution in [2.75, 3.05) is 0 Å². The zero-order valence-electron chi connectivity index (χ0n) is 14.0. The van der Waals surface area contributed by atoms with Gasteiger partial charge in [-0.2, -0.15) is 15.8 Å². The summed E-state index contributed by atoms with van der Waals surface area (Å²) in [5.74, 6) is -1.82. The number of hydrogen-bond donors (Lipinski definition) is 0. The minimum absolute atomic E-state index is 0.0552. The largest absolute Gasteiger partial charge is 0.273 e. The summed E-state index contributed by atoms with van der Waals surface area (Å²) >= 11 is 0.843. The second-order valence-corrected chi connectivity index (χ2v) is 6.52. The average molecular weight is 390 g/mol. The van der Waals surface area contributed by atoms with Gasteiger partial charge in [0.15, 0.2) is 5.57 Å². The number of nitriles is 3. The van der Waals surface area contributed by atoms with Crippen LogP contribution >= 0.6 is 11.3 Å². The Balaban J connectivity index is 2.37.